The Balaban J connectivity index is 1.43. The zero-order valence-corrected chi connectivity index (χ0v) is 24.4. The highest BCUT2D eigenvalue weighted by molar-refractivity contribution is 6.31. The predicted molar refractivity (Wildman–Crippen MR) is 151 cm³/mol. The van der Waals surface area contributed by atoms with Gasteiger partial charge in [0.15, 0.2) is 0 Å². The summed E-state index contributed by atoms with van der Waals surface area (Å²) in [7, 11) is 0. The van der Waals surface area contributed by atoms with Gasteiger partial charge in [0.1, 0.15) is 17.5 Å². The number of carbonyl (C=O) groups excluding carboxylic acids is 3. The van der Waals surface area contributed by atoms with Gasteiger partial charge in [0, 0.05) is 24.8 Å². The SMILES string of the molecule is CCN(CC)CCN1C(=O)[C@H]2[C@@H](C(=O)Nc3ccc(F)c(Cl)c3)[C@@H]3C=C[C@]2(O3)C1C(=O)NC1CCCC(C)C1C. The normalized spacial score (nSPS) is 34.4. The molecule has 2 saturated heterocycles. The molecule has 1 spiro atoms. The number of rotatable bonds is 9. The average molecular weight is 575 g/mol. The Hall–Kier alpha value is -2.49. The summed E-state index contributed by atoms with van der Waals surface area (Å²) in [5, 5.41) is 5.96. The highest BCUT2D eigenvalue weighted by Gasteiger charge is 2.72. The molecule has 10 heteroatoms. The molecule has 4 unspecified atom stereocenters. The zero-order valence-electron chi connectivity index (χ0n) is 23.7. The van der Waals surface area contributed by atoms with Crippen LogP contribution in [0.3, 0.4) is 0 Å². The minimum absolute atomic E-state index is 0.0244. The number of hydrogen-bond acceptors (Lipinski definition) is 5. The van der Waals surface area contributed by atoms with Crippen molar-refractivity contribution in [3.8, 4) is 0 Å². The Labute approximate surface area is 240 Å². The third kappa shape index (κ3) is 4.94. The standard InChI is InChI=1S/C30H40ClFN4O4/c1-5-35(6-2)14-15-36-26(28(38)34-22-9-7-8-17(3)18(22)4)30-13-12-23(40-30)24(25(30)29(36)39)27(37)33-19-10-11-21(32)20(31)16-19/h10-13,16-18,22-26H,5-9,14-15H2,1-4H3,(H,33,37)(H,34,38)/t17?,18?,22?,23-,24-,25+,26?,30+/m0/s1. The van der Waals surface area contributed by atoms with E-state index in [0.29, 0.717) is 30.6 Å². The molecule has 3 heterocycles. The third-order valence-corrected chi connectivity index (χ3v) is 9.99. The second kappa shape index (κ2) is 11.4. The molecule has 8 nitrogen and oxygen atoms in total. The lowest BCUT2D eigenvalue weighted by Gasteiger charge is -2.38. The number of nitrogens with zero attached hydrogens (tertiary/aromatic N) is 2. The smallest absolute Gasteiger partial charge is 0.246 e. The average Bonchev–Trinajstić information content (AvgIpc) is 3.57. The topological polar surface area (TPSA) is 91.0 Å². The van der Waals surface area contributed by atoms with Gasteiger partial charge in [0.2, 0.25) is 17.7 Å². The second-order valence-corrected chi connectivity index (χ2v) is 12.2. The minimum Gasteiger partial charge on any atom is -0.359 e. The number of likely N-dealkylation sites (N-methyl/N-ethyl adjacent to an activating group) is 1. The largest absolute Gasteiger partial charge is 0.359 e. The first kappa shape index (κ1) is 29.0. The van der Waals surface area contributed by atoms with E-state index in [1.165, 1.54) is 18.2 Å². The lowest BCUT2D eigenvalue weighted by Crippen LogP contribution is -2.58. The summed E-state index contributed by atoms with van der Waals surface area (Å²) in [6.45, 7) is 11.1. The summed E-state index contributed by atoms with van der Waals surface area (Å²) in [5.41, 5.74) is -0.892. The number of carbonyl (C=O) groups is 3. The van der Waals surface area contributed by atoms with Crippen LogP contribution in [0.25, 0.3) is 0 Å². The van der Waals surface area contributed by atoms with E-state index >= 15 is 0 Å². The van der Waals surface area contributed by atoms with Crippen LogP contribution >= 0.6 is 11.6 Å². The zero-order chi connectivity index (χ0) is 28.8. The van der Waals surface area contributed by atoms with Crippen LogP contribution < -0.4 is 10.6 Å². The van der Waals surface area contributed by atoms with Gasteiger partial charge in [0.25, 0.3) is 0 Å². The molecule has 3 amide bonds. The van der Waals surface area contributed by atoms with Gasteiger partial charge in [-0.25, -0.2) is 4.39 Å². The van der Waals surface area contributed by atoms with Gasteiger partial charge >= 0.3 is 0 Å². The molecule has 1 saturated carbocycles. The van der Waals surface area contributed by atoms with Crippen molar-refractivity contribution in [1.29, 1.82) is 0 Å². The lowest BCUT2D eigenvalue weighted by molar-refractivity contribution is -0.141. The Morgan fingerprint density at radius 1 is 1.20 bits per heavy atom. The molecule has 1 aromatic rings. The van der Waals surface area contributed by atoms with E-state index in [1.807, 2.05) is 6.08 Å². The number of benzene rings is 1. The van der Waals surface area contributed by atoms with Crippen LogP contribution in [0.1, 0.15) is 47.0 Å². The molecular weight excluding hydrogens is 535 g/mol. The van der Waals surface area contributed by atoms with Crippen molar-refractivity contribution in [1.82, 2.24) is 15.1 Å². The quantitative estimate of drug-likeness (QED) is 0.437. The third-order valence-electron chi connectivity index (χ3n) is 9.70. The van der Waals surface area contributed by atoms with Gasteiger partial charge in [-0.1, -0.05) is 64.3 Å². The van der Waals surface area contributed by atoms with Gasteiger partial charge in [-0.15, -0.1) is 0 Å². The molecule has 2 N–H and O–H groups in total. The van der Waals surface area contributed by atoms with Crippen LogP contribution in [0.15, 0.2) is 30.4 Å². The van der Waals surface area contributed by atoms with E-state index < -0.39 is 41.3 Å². The van der Waals surface area contributed by atoms with E-state index in [0.717, 1.165) is 32.4 Å². The van der Waals surface area contributed by atoms with Crippen molar-refractivity contribution >= 4 is 35.0 Å². The summed E-state index contributed by atoms with van der Waals surface area (Å²) < 4.78 is 20.1. The number of amides is 3. The van der Waals surface area contributed by atoms with Crippen LogP contribution in [0.4, 0.5) is 10.1 Å². The predicted octanol–water partition coefficient (Wildman–Crippen LogP) is 3.85. The van der Waals surface area contributed by atoms with Crippen LogP contribution in [0, 0.1) is 29.5 Å². The van der Waals surface area contributed by atoms with E-state index in [1.54, 1.807) is 11.0 Å². The number of likely N-dealkylation sites (tertiary alicyclic amines) is 1. The van der Waals surface area contributed by atoms with Crippen molar-refractivity contribution in [2.75, 3.05) is 31.5 Å². The molecule has 4 aliphatic rings. The number of hydrogen-bond donors (Lipinski definition) is 2. The molecule has 2 bridgehead atoms. The van der Waals surface area contributed by atoms with Crippen LogP contribution in [0.2, 0.25) is 5.02 Å². The van der Waals surface area contributed by atoms with Gasteiger partial charge in [-0.05, 0) is 49.5 Å². The van der Waals surface area contributed by atoms with Crippen molar-refractivity contribution in [2.24, 2.45) is 23.7 Å². The fraction of sp³-hybridized carbons (Fsp3) is 0.633. The van der Waals surface area contributed by atoms with Gasteiger partial charge in [-0.3, -0.25) is 14.4 Å². The fourth-order valence-electron chi connectivity index (χ4n) is 7.14. The molecule has 0 aromatic heterocycles. The molecule has 3 aliphatic heterocycles. The van der Waals surface area contributed by atoms with Crippen molar-refractivity contribution in [3.05, 3.63) is 41.2 Å². The molecular formula is C30H40ClFN4O4. The molecule has 0 radical (unpaired) electrons. The maximum Gasteiger partial charge on any atom is 0.246 e. The molecule has 3 fully saturated rings. The van der Waals surface area contributed by atoms with Crippen molar-refractivity contribution < 1.29 is 23.5 Å². The first-order valence-electron chi connectivity index (χ1n) is 14.6. The first-order chi connectivity index (χ1) is 19.1. The van der Waals surface area contributed by atoms with E-state index in [9.17, 15) is 18.8 Å². The Kier molecular flexibility index (Phi) is 8.28. The molecule has 1 aromatic carbocycles. The van der Waals surface area contributed by atoms with Gasteiger partial charge in [0.05, 0.1) is 23.0 Å². The molecule has 1 aliphatic carbocycles. The van der Waals surface area contributed by atoms with Crippen molar-refractivity contribution in [2.45, 2.75) is 70.7 Å². The second-order valence-electron chi connectivity index (χ2n) is 11.8. The van der Waals surface area contributed by atoms with Crippen molar-refractivity contribution in [3.63, 3.8) is 0 Å². The van der Waals surface area contributed by atoms with E-state index in [4.69, 9.17) is 16.3 Å². The number of ether oxygens (including phenoxy) is 1. The molecule has 5 rings (SSSR count). The molecule has 40 heavy (non-hydrogen) atoms. The lowest BCUT2D eigenvalue weighted by atomic mass is 9.73. The summed E-state index contributed by atoms with van der Waals surface area (Å²) >= 11 is 5.92. The Morgan fingerprint density at radius 3 is 2.65 bits per heavy atom. The van der Waals surface area contributed by atoms with E-state index in [2.05, 4.69) is 43.2 Å². The summed E-state index contributed by atoms with van der Waals surface area (Å²) in [5.74, 6) is -2.33. The molecule has 8 atom stereocenters. The maximum atomic E-state index is 14.1. The molecule has 218 valence electrons. The number of nitrogens with one attached hydrogen (secondary N) is 2. The number of fused-ring (bicyclic) bond motifs is 1. The maximum absolute atomic E-state index is 14.1. The van der Waals surface area contributed by atoms with Crippen LogP contribution in [0.5, 0.6) is 0 Å². The van der Waals surface area contributed by atoms with Gasteiger partial charge < -0.3 is 25.2 Å². The fourth-order valence-corrected chi connectivity index (χ4v) is 7.32. The van der Waals surface area contributed by atoms with Crippen LogP contribution in [-0.2, 0) is 19.1 Å². The monoisotopic (exact) mass is 574 g/mol. The Bertz CT molecular complexity index is 1190. The first-order valence-corrected chi connectivity index (χ1v) is 14.9. The number of anilines is 1. The van der Waals surface area contributed by atoms with Gasteiger partial charge in [-0.2, -0.15) is 0 Å². The Morgan fingerprint density at radius 2 is 1.95 bits per heavy atom. The minimum atomic E-state index is -1.22. The highest BCUT2D eigenvalue weighted by atomic mass is 35.5. The van der Waals surface area contributed by atoms with Crippen LogP contribution in [-0.4, -0.2) is 77.5 Å². The van der Waals surface area contributed by atoms with E-state index in [-0.39, 0.29) is 22.9 Å². The summed E-state index contributed by atoms with van der Waals surface area (Å²) in [6, 6.07) is 3.10. The highest BCUT2D eigenvalue weighted by Crippen LogP contribution is 2.55. The summed E-state index contributed by atoms with van der Waals surface area (Å²) in [4.78, 5) is 45.6. The number of halogens is 2. The summed E-state index contributed by atoms with van der Waals surface area (Å²) in [6.07, 6.45) is 6.07.